The molecule has 0 aliphatic carbocycles. The molecule has 0 fully saturated rings. The summed E-state index contributed by atoms with van der Waals surface area (Å²) < 4.78 is 1.96. The molecule has 0 saturated heterocycles. The van der Waals surface area contributed by atoms with Gasteiger partial charge in [-0.1, -0.05) is 23.2 Å². The summed E-state index contributed by atoms with van der Waals surface area (Å²) in [6, 6.07) is 10.7. The molecule has 0 aliphatic heterocycles. The number of halogens is 2. The number of benzene rings is 1. The van der Waals surface area contributed by atoms with Crippen LogP contribution in [0.4, 0.5) is 0 Å². The van der Waals surface area contributed by atoms with Crippen molar-refractivity contribution in [3.05, 3.63) is 81.4 Å². The van der Waals surface area contributed by atoms with Gasteiger partial charge >= 0.3 is 11.8 Å². The van der Waals surface area contributed by atoms with Crippen LogP contribution < -0.4 is 10.7 Å². The fourth-order valence-electron chi connectivity index (χ4n) is 2.93. The van der Waals surface area contributed by atoms with E-state index < -0.39 is 11.8 Å². The van der Waals surface area contributed by atoms with Gasteiger partial charge in [0, 0.05) is 40.9 Å². The van der Waals surface area contributed by atoms with Crippen LogP contribution in [0.3, 0.4) is 0 Å². The third-order valence-electron chi connectivity index (χ3n) is 4.40. The summed E-state index contributed by atoms with van der Waals surface area (Å²) in [5.41, 5.74) is 6.43. The number of nitrogens with zero attached hydrogens (tertiary/aromatic N) is 3. The van der Waals surface area contributed by atoms with Gasteiger partial charge in [-0.3, -0.25) is 14.6 Å². The molecule has 2 N–H and O–H groups in total. The number of aromatic nitrogens is 2. The van der Waals surface area contributed by atoms with E-state index in [2.05, 4.69) is 20.8 Å². The van der Waals surface area contributed by atoms with Gasteiger partial charge in [0.1, 0.15) is 0 Å². The number of amides is 2. The SMILES string of the molecule is Cc1cc(/C=N\NC(=O)C(=O)NCc2ccncc2)c(C)n1-c1ccc(Cl)cc1Cl. The van der Waals surface area contributed by atoms with Gasteiger partial charge in [-0.25, -0.2) is 5.43 Å². The molecule has 154 valence electrons. The molecule has 2 amide bonds. The quantitative estimate of drug-likeness (QED) is 0.358. The zero-order chi connectivity index (χ0) is 21.7. The molecule has 0 bridgehead atoms. The van der Waals surface area contributed by atoms with Crippen molar-refractivity contribution in [1.82, 2.24) is 20.3 Å². The lowest BCUT2D eigenvalue weighted by Gasteiger charge is -2.11. The van der Waals surface area contributed by atoms with E-state index in [-0.39, 0.29) is 6.54 Å². The second-order valence-corrected chi connectivity index (χ2v) is 7.34. The summed E-state index contributed by atoms with van der Waals surface area (Å²) in [6.07, 6.45) is 4.70. The van der Waals surface area contributed by atoms with E-state index in [1.54, 1.807) is 36.7 Å². The third kappa shape index (κ3) is 5.06. The number of aryl methyl sites for hydroxylation is 1. The first-order valence-electron chi connectivity index (χ1n) is 9.01. The van der Waals surface area contributed by atoms with Crippen molar-refractivity contribution < 1.29 is 9.59 Å². The molecule has 0 saturated carbocycles. The monoisotopic (exact) mass is 443 g/mol. The topological polar surface area (TPSA) is 88.4 Å². The van der Waals surface area contributed by atoms with Gasteiger partial charge in [0.15, 0.2) is 0 Å². The molecule has 0 unspecified atom stereocenters. The molecule has 7 nitrogen and oxygen atoms in total. The average molecular weight is 444 g/mol. The van der Waals surface area contributed by atoms with Crippen LogP contribution in [0.15, 0.2) is 53.9 Å². The Labute approximate surface area is 183 Å². The van der Waals surface area contributed by atoms with Crippen LogP contribution in [0, 0.1) is 13.8 Å². The smallest absolute Gasteiger partial charge is 0.329 e. The molecule has 30 heavy (non-hydrogen) atoms. The van der Waals surface area contributed by atoms with Gasteiger partial charge in [-0.15, -0.1) is 0 Å². The average Bonchev–Trinajstić information content (AvgIpc) is 3.00. The van der Waals surface area contributed by atoms with Gasteiger partial charge in [-0.2, -0.15) is 5.10 Å². The van der Waals surface area contributed by atoms with Gasteiger partial charge in [0.25, 0.3) is 0 Å². The first kappa shape index (κ1) is 21.5. The van der Waals surface area contributed by atoms with E-state index >= 15 is 0 Å². The maximum Gasteiger partial charge on any atom is 0.329 e. The third-order valence-corrected chi connectivity index (χ3v) is 4.94. The fraction of sp³-hybridized carbons (Fsp3) is 0.143. The van der Waals surface area contributed by atoms with Crippen LogP contribution in [-0.2, 0) is 16.1 Å². The predicted molar refractivity (Wildman–Crippen MR) is 117 cm³/mol. The normalized spacial score (nSPS) is 10.9. The Kier molecular flexibility index (Phi) is 6.87. The van der Waals surface area contributed by atoms with Crippen LogP contribution in [0.5, 0.6) is 0 Å². The molecular weight excluding hydrogens is 425 g/mol. The van der Waals surface area contributed by atoms with Gasteiger partial charge in [0.2, 0.25) is 0 Å². The van der Waals surface area contributed by atoms with E-state index in [1.165, 1.54) is 6.21 Å². The van der Waals surface area contributed by atoms with Crippen LogP contribution >= 0.6 is 23.2 Å². The van der Waals surface area contributed by atoms with Gasteiger partial charge < -0.3 is 9.88 Å². The van der Waals surface area contributed by atoms with Gasteiger partial charge in [-0.05, 0) is 55.8 Å². The number of nitrogens with one attached hydrogen (secondary N) is 2. The minimum Gasteiger partial charge on any atom is -0.344 e. The highest BCUT2D eigenvalue weighted by molar-refractivity contribution is 6.36. The predicted octanol–water partition coefficient (Wildman–Crippen LogP) is 3.56. The molecule has 0 atom stereocenters. The van der Waals surface area contributed by atoms with Crippen LogP contribution in [0.1, 0.15) is 22.5 Å². The second kappa shape index (κ2) is 9.56. The highest BCUT2D eigenvalue weighted by Gasteiger charge is 2.14. The molecule has 9 heteroatoms. The first-order valence-corrected chi connectivity index (χ1v) is 9.77. The number of hydrogen-bond donors (Lipinski definition) is 2. The number of hydrogen-bond acceptors (Lipinski definition) is 4. The van der Waals surface area contributed by atoms with Crippen LogP contribution in [0.2, 0.25) is 10.0 Å². The van der Waals surface area contributed by atoms with E-state index in [1.807, 2.05) is 30.5 Å². The Morgan fingerprint density at radius 3 is 2.53 bits per heavy atom. The first-order chi connectivity index (χ1) is 14.4. The van der Waals surface area contributed by atoms with Crippen LogP contribution in [0.25, 0.3) is 5.69 Å². The highest BCUT2D eigenvalue weighted by atomic mass is 35.5. The highest BCUT2D eigenvalue weighted by Crippen LogP contribution is 2.28. The van der Waals surface area contributed by atoms with E-state index in [9.17, 15) is 9.59 Å². The van der Waals surface area contributed by atoms with Crippen molar-refractivity contribution in [2.45, 2.75) is 20.4 Å². The summed E-state index contributed by atoms with van der Waals surface area (Å²) in [7, 11) is 0. The van der Waals surface area contributed by atoms with Crippen molar-refractivity contribution in [3.63, 3.8) is 0 Å². The summed E-state index contributed by atoms with van der Waals surface area (Å²) in [5, 5.41) is 7.50. The molecule has 3 rings (SSSR count). The zero-order valence-electron chi connectivity index (χ0n) is 16.3. The molecule has 2 aromatic heterocycles. The molecule has 0 aliphatic rings. The van der Waals surface area contributed by atoms with Crippen LogP contribution in [-0.4, -0.2) is 27.6 Å². The standard InChI is InChI=1S/C21H19Cl2N5O2/c1-13-9-16(14(2)28(13)19-4-3-17(22)10-18(19)23)12-26-27-21(30)20(29)25-11-15-5-7-24-8-6-15/h3-10,12H,11H2,1-2H3,(H,25,29)(H,27,30)/b26-12-. The van der Waals surface area contributed by atoms with E-state index in [4.69, 9.17) is 23.2 Å². The Hall–Kier alpha value is -3.16. The molecule has 1 aromatic carbocycles. The fourth-order valence-corrected chi connectivity index (χ4v) is 3.42. The molecule has 0 spiro atoms. The summed E-state index contributed by atoms with van der Waals surface area (Å²) in [6.45, 7) is 4.06. The van der Waals surface area contributed by atoms with Crippen molar-refractivity contribution in [2.75, 3.05) is 0 Å². The molecule has 2 heterocycles. The molecule has 3 aromatic rings. The van der Waals surface area contributed by atoms with Gasteiger partial charge in [0.05, 0.1) is 16.9 Å². The number of carbonyl (C=O) groups is 2. The maximum absolute atomic E-state index is 11.9. The minimum absolute atomic E-state index is 0.224. The molecule has 0 radical (unpaired) electrons. The Morgan fingerprint density at radius 1 is 1.10 bits per heavy atom. The summed E-state index contributed by atoms with van der Waals surface area (Å²) >= 11 is 12.3. The van der Waals surface area contributed by atoms with E-state index in [0.717, 1.165) is 28.2 Å². The van der Waals surface area contributed by atoms with Crippen molar-refractivity contribution in [2.24, 2.45) is 5.10 Å². The van der Waals surface area contributed by atoms with Crippen molar-refractivity contribution >= 4 is 41.2 Å². The van der Waals surface area contributed by atoms with E-state index in [0.29, 0.717) is 10.0 Å². The Balaban J connectivity index is 1.65. The lowest BCUT2D eigenvalue weighted by molar-refractivity contribution is -0.139. The maximum atomic E-state index is 11.9. The molecular formula is C21H19Cl2N5O2. The van der Waals surface area contributed by atoms with Crippen molar-refractivity contribution in [3.8, 4) is 5.69 Å². The summed E-state index contributed by atoms with van der Waals surface area (Å²) in [5.74, 6) is -1.63. The van der Waals surface area contributed by atoms with Crippen molar-refractivity contribution in [1.29, 1.82) is 0 Å². The number of pyridine rings is 1. The lowest BCUT2D eigenvalue weighted by Crippen LogP contribution is -2.37. The zero-order valence-corrected chi connectivity index (χ0v) is 17.8. The number of hydrazone groups is 1. The second-order valence-electron chi connectivity index (χ2n) is 6.49. The Morgan fingerprint density at radius 2 is 1.83 bits per heavy atom. The number of carbonyl (C=O) groups excluding carboxylic acids is 2. The summed E-state index contributed by atoms with van der Waals surface area (Å²) in [4.78, 5) is 27.7. The largest absolute Gasteiger partial charge is 0.344 e. The Bertz CT molecular complexity index is 1110. The lowest BCUT2D eigenvalue weighted by atomic mass is 10.2. The minimum atomic E-state index is -0.852. The number of rotatable bonds is 5.